The first kappa shape index (κ1) is 18.6. The number of rotatable bonds is 6. The van der Waals surface area contributed by atoms with Crippen LogP contribution in [0.2, 0.25) is 0 Å². The highest BCUT2D eigenvalue weighted by atomic mass is 32.2. The summed E-state index contributed by atoms with van der Waals surface area (Å²) >= 11 is 1.27. The zero-order valence-electron chi connectivity index (χ0n) is 14.1. The van der Waals surface area contributed by atoms with E-state index in [1.165, 1.54) is 11.8 Å². The molecule has 2 aromatic rings. The van der Waals surface area contributed by atoms with Crippen molar-refractivity contribution < 1.29 is 9.59 Å². The van der Waals surface area contributed by atoms with Gasteiger partial charge in [0, 0.05) is 11.4 Å². The number of nitriles is 1. The molecule has 0 fully saturated rings. The summed E-state index contributed by atoms with van der Waals surface area (Å²) in [5.74, 6) is -0.139. The molecule has 0 spiro atoms. The van der Waals surface area contributed by atoms with Gasteiger partial charge in [-0.1, -0.05) is 17.7 Å². The molecule has 25 heavy (non-hydrogen) atoms. The van der Waals surface area contributed by atoms with E-state index >= 15 is 0 Å². The highest BCUT2D eigenvalue weighted by Gasteiger charge is 2.15. The van der Waals surface area contributed by atoms with Gasteiger partial charge in [0.1, 0.15) is 0 Å². The number of thioether (sulfide) groups is 1. The third-order valence-corrected chi connectivity index (χ3v) is 4.59. The van der Waals surface area contributed by atoms with Crippen molar-refractivity contribution in [2.45, 2.75) is 19.1 Å². The van der Waals surface area contributed by atoms with Crippen molar-refractivity contribution in [3.05, 3.63) is 59.7 Å². The summed E-state index contributed by atoms with van der Waals surface area (Å²) in [4.78, 5) is 24.1. The number of carbonyl (C=O) groups excluding carboxylic acids is 2. The van der Waals surface area contributed by atoms with Gasteiger partial charge in [-0.2, -0.15) is 5.26 Å². The SMILES string of the molecule is Cc1ccc(NC(=O)CSC(C)C(=O)Nc2ccc(C#N)cc2)cc1. The lowest BCUT2D eigenvalue weighted by molar-refractivity contribution is -0.115. The van der Waals surface area contributed by atoms with Gasteiger partial charge in [0.15, 0.2) is 0 Å². The Balaban J connectivity index is 1.79. The molecule has 0 saturated carbocycles. The second-order valence-corrected chi connectivity index (χ2v) is 6.87. The van der Waals surface area contributed by atoms with Crippen LogP contribution in [0.3, 0.4) is 0 Å². The van der Waals surface area contributed by atoms with E-state index in [2.05, 4.69) is 10.6 Å². The zero-order valence-corrected chi connectivity index (χ0v) is 14.9. The maximum Gasteiger partial charge on any atom is 0.237 e. The quantitative estimate of drug-likeness (QED) is 0.832. The fraction of sp³-hybridized carbons (Fsp3) is 0.211. The molecule has 1 atom stereocenters. The first-order valence-corrected chi connectivity index (χ1v) is 8.82. The Kier molecular flexibility index (Phi) is 6.61. The predicted molar refractivity (Wildman–Crippen MR) is 102 cm³/mol. The van der Waals surface area contributed by atoms with Crippen molar-refractivity contribution in [1.29, 1.82) is 5.26 Å². The molecule has 0 aliphatic heterocycles. The minimum absolute atomic E-state index is 0.146. The van der Waals surface area contributed by atoms with Crippen molar-refractivity contribution >= 4 is 35.0 Å². The van der Waals surface area contributed by atoms with E-state index in [-0.39, 0.29) is 22.8 Å². The lowest BCUT2D eigenvalue weighted by Gasteiger charge is -2.12. The van der Waals surface area contributed by atoms with E-state index in [4.69, 9.17) is 5.26 Å². The Hall–Kier alpha value is -2.78. The minimum atomic E-state index is -0.376. The average Bonchev–Trinajstić information content (AvgIpc) is 2.62. The van der Waals surface area contributed by atoms with Crippen LogP contribution in [-0.4, -0.2) is 22.8 Å². The molecule has 0 aliphatic carbocycles. The minimum Gasteiger partial charge on any atom is -0.325 e. The molecule has 2 N–H and O–H groups in total. The summed E-state index contributed by atoms with van der Waals surface area (Å²) in [6.07, 6.45) is 0. The van der Waals surface area contributed by atoms with Gasteiger partial charge in [0.05, 0.1) is 22.6 Å². The molecule has 0 bridgehead atoms. The normalized spacial score (nSPS) is 11.2. The van der Waals surface area contributed by atoms with Crippen LogP contribution in [0.5, 0.6) is 0 Å². The summed E-state index contributed by atoms with van der Waals surface area (Å²) in [6.45, 7) is 3.73. The highest BCUT2D eigenvalue weighted by molar-refractivity contribution is 8.01. The number of nitrogens with zero attached hydrogens (tertiary/aromatic N) is 1. The molecule has 0 saturated heterocycles. The summed E-state index contributed by atoms with van der Waals surface area (Å²) in [7, 11) is 0. The van der Waals surface area contributed by atoms with Crippen molar-refractivity contribution in [3.63, 3.8) is 0 Å². The maximum atomic E-state index is 12.1. The molecule has 2 aromatic carbocycles. The Morgan fingerprint density at radius 1 is 1.04 bits per heavy atom. The summed E-state index contributed by atoms with van der Waals surface area (Å²) < 4.78 is 0. The predicted octanol–water partition coefficient (Wildman–Crippen LogP) is 3.57. The van der Waals surface area contributed by atoms with Crippen LogP contribution in [0.25, 0.3) is 0 Å². The Labute approximate surface area is 151 Å². The Morgan fingerprint density at radius 2 is 1.60 bits per heavy atom. The van der Waals surface area contributed by atoms with E-state index in [0.717, 1.165) is 11.3 Å². The molecular weight excluding hydrogens is 334 g/mol. The summed E-state index contributed by atoms with van der Waals surface area (Å²) in [5, 5.41) is 14.0. The molecule has 2 rings (SSSR count). The number of hydrogen-bond donors (Lipinski definition) is 2. The third kappa shape index (κ3) is 5.98. The van der Waals surface area contributed by atoms with E-state index < -0.39 is 0 Å². The summed E-state index contributed by atoms with van der Waals surface area (Å²) in [6, 6.07) is 16.2. The van der Waals surface area contributed by atoms with Gasteiger partial charge in [0.25, 0.3) is 0 Å². The van der Waals surface area contributed by atoms with E-state index in [1.807, 2.05) is 37.3 Å². The fourth-order valence-electron chi connectivity index (χ4n) is 1.98. The number of amides is 2. The van der Waals surface area contributed by atoms with Crippen molar-refractivity contribution in [3.8, 4) is 6.07 Å². The van der Waals surface area contributed by atoms with Crippen molar-refractivity contribution in [1.82, 2.24) is 0 Å². The molecule has 2 amide bonds. The number of benzene rings is 2. The number of aryl methyl sites for hydroxylation is 1. The van der Waals surface area contributed by atoms with Crippen LogP contribution in [0.4, 0.5) is 11.4 Å². The number of nitrogens with one attached hydrogen (secondary N) is 2. The van der Waals surface area contributed by atoms with Crippen molar-refractivity contribution in [2.24, 2.45) is 0 Å². The largest absolute Gasteiger partial charge is 0.325 e. The first-order valence-electron chi connectivity index (χ1n) is 7.77. The second-order valence-electron chi connectivity index (χ2n) is 5.55. The van der Waals surface area contributed by atoms with Gasteiger partial charge in [0.2, 0.25) is 11.8 Å². The van der Waals surface area contributed by atoms with Crippen LogP contribution in [-0.2, 0) is 9.59 Å². The number of hydrogen-bond acceptors (Lipinski definition) is 4. The summed E-state index contributed by atoms with van der Waals surface area (Å²) in [5.41, 5.74) is 3.03. The highest BCUT2D eigenvalue weighted by Crippen LogP contribution is 2.16. The lowest BCUT2D eigenvalue weighted by Crippen LogP contribution is -2.25. The molecule has 0 aromatic heterocycles. The molecular formula is C19H19N3O2S. The van der Waals surface area contributed by atoms with Gasteiger partial charge in [-0.3, -0.25) is 9.59 Å². The van der Waals surface area contributed by atoms with Gasteiger partial charge in [-0.25, -0.2) is 0 Å². The molecule has 6 heteroatoms. The van der Waals surface area contributed by atoms with Crippen LogP contribution < -0.4 is 10.6 Å². The van der Waals surface area contributed by atoms with E-state index in [9.17, 15) is 9.59 Å². The Morgan fingerprint density at radius 3 is 2.20 bits per heavy atom. The molecule has 0 radical (unpaired) electrons. The van der Waals surface area contributed by atoms with Crippen LogP contribution in [0.15, 0.2) is 48.5 Å². The van der Waals surface area contributed by atoms with Gasteiger partial charge in [-0.05, 0) is 50.2 Å². The number of carbonyl (C=O) groups is 2. The monoisotopic (exact) mass is 353 g/mol. The number of anilines is 2. The van der Waals surface area contributed by atoms with E-state index in [0.29, 0.717) is 11.3 Å². The van der Waals surface area contributed by atoms with Crippen molar-refractivity contribution in [2.75, 3.05) is 16.4 Å². The van der Waals surface area contributed by atoms with Crippen LogP contribution in [0, 0.1) is 18.3 Å². The lowest BCUT2D eigenvalue weighted by atomic mass is 10.2. The third-order valence-electron chi connectivity index (χ3n) is 3.45. The van der Waals surface area contributed by atoms with Crippen LogP contribution in [0.1, 0.15) is 18.1 Å². The Bertz CT molecular complexity index is 780. The van der Waals surface area contributed by atoms with E-state index in [1.54, 1.807) is 31.2 Å². The fourth-order valence-corrected chi connectivity index (χ4v) is 2.67. The molecule has 0 aliphatic rings. The second kappa shape index (κ2) is 8.90. The van der Waals surface area contributed by atoms with Gasteiger partial charge < -0.3 is 10.6 Å². The molecule has 0 heterocycles. The van der Waals surface area contributed by atoms with Crippen LogP contribution >= 0.6 is 11.8 Å². The molecule has 1 unspecified atom stereocenters. The maximum absolute atomic E-state index is 12.1. The standard InChI is InChI=1S/C19H19N3O2S/c1-13-3-7-16(8-4-13)21-18(23)12-25-14(2)19(24)22-17-9-5-15(11-20)6-10-17/h3-10,14H,12H2,1-2H3,(H,21,23)(H,22,24). The molecule has 128 valence electrons. The zero-order chi connectivity index (χ0) is 18.2. The smallest absolute Gasteiger partial charge is 0.237 e. The van der Waals surface area contributed by atoms with Gasteiger partial charge in [-0.15, -0.1) is 11.8 Å². The molecule has 5 nitrogen and oxygen atoms in total. The van der Waals surface area contributed by atoms with Gasteiger partial charge >= 0.3 is 0 Å². The first-order chi connectivity index (χ1) is 12.0. The topological polar surface area (TPSA) is 82.0 Å². The average molecular weight is 353 g/mol.